The van der Waals surface area contributed by atoms with Gasteiger partial charge in [0.05, 0.1) is 23.6 Å². The summed E-state index contributed by atoms with van der Waals surface area (Å²) in [6, 6.07) is 14.8. The van der Waals surface area contributed by atoms with Crippen LogP contribution in [0, 0.1) is 0 Å². The van der Waals surface area contributed by atoms with Crippen molar-refractivity contribution in [3.63, 3.8) is 0 Å². The number of hydrogen-bond donors (Lipinski definition) is 1. The lowest BCUT2D eigenvalue weighted by molar-refractivity contribution is -0.118. The van der Waals surface area contributed by atoms with E-state index >= 15 is 0 Å². The van der Waals surface area contributed by atoms with E-state index in [0.29, 0.717) is 22.4 Å². The van der Waals surface area contributed by atoms with Gasteiger partial charge in [0.25, 0.3) is 5.91 Å². The highest BCUT2D eigenvalue weighted by molar-refractivity contribution is 8.14. The molecule has 0 saturated heterocycles. The average molecular weight is 418 g/mol. The monoisotopic (exact) mass is 417 g/mol. The number of hydrogen-bond acceptors (Lipinski definition) is 5. The summed E-state index contributed by atoms with van der Waals surface area (Å²) in [6.45, 7) is 0.595. The third-order valence-electron chi connectivity index (χ3n) is 4.11. The van der Waals surface area contributed by atoms with E-state index in [0.717, 1.165) is 17.7 Å². The smallest absolute Gasteiger partial charge is 0.254 e. The van der Waals surface area contributed by atoms with Crippen LogP contribution >= 0.6 is 23.4 Å². The molecule has 0 atom stereocenters. The second-order valence-corrected chi connectivity index (χ2v) is 7.37. The average Bonchev–Trinajstić information content (AvgIpc) is 3.07. The minimum absolute atomic E-state index is 0.0621. The van der Waals surface area contributed by atoms with Gasteiger partial charge < -0.3 is 10.1 Å². The number of amidine groups is 1. The first kappa shape index (κ1) is 20.2. The van der Waals surface area contributed by atoms with Crippen molar-refractivity contribution in [2.75, 3.05) is 30.9 Å². The lowest BCUT2D eigenvalue weighted by Crippen LogP contribution is -2.33. The van der Waals surface area contributed by atoms with Gasteiger partial charge in [-0.15, -0.1) is 0 Å². The minimum atomic E-state index is -0.157. The van der Waals surface area contributed by atoms with E-state index in [1.807, 2.05) is 24.3 Å². The molecule has 1 heterocycles. The number of thioether (sulfide) groups is 1. The van der Waals surface area contributed by atoms with Crippen LogP contribution in [0.25, 0.3) is 0 Å². The van der Waals surface area contributed by atoms with Crippen molar-refractivity contribution in [2.45, 2.75) is 6.42 Å². The van der Waals surface area contributed by atoms with E-state index in [2.05, 4.69) is 10.3 Å². The highest BCUT2D eigenvalue weighted by Crippen LogP contribution is 2.30. The predicted octanol–water partition coefficient (Wildman–Crippen LogP) is 3.14. The summed E-state index contributed by atoms with van der Waals surface area (Å²) >= 11 is 7.42. The molecule has 6 nitrogen and oxygen atoms in total. The Hall–Kier alpha value is -2.51. The fourth-order valence-electron chi connectivity index (χ4n) is 2.68. The first-order chi connectivity index (χ1) is 13.6. The fourth-order valence-corrected chi connectivity index (χ4v) is 3.75. The molecule has 0 unspecified atom stereocenters. The zero-order valence-electron chi connectivity index (χ0n) is 15.4. The van der Waals surface area contributed by atoms with E-state index in [4.69, 9.17) is 16.3 Å². The molecule has 2 aromatic carbocycles. The predicted molar refractivity (Wildman–Crippen MR) is 113 cm³/mol. The summed E-state index contributed by atoms with van der Waals surface area (Å²) in [4.78, 5) is 30.0. The van der Waals surface area contributed by atoms with Crippen LogP contribution < -0.4 is 15.0 Å². The molecule has 3 rings (SSSR count). The third-order valence-corrected chi connectivity index (χ3v) is 5.41. The van der Waals surface area contributed by atoms with E-state index in [1.165, 1.54) is 16.7 Å². The SMILES string of the molecule is COc1ccc(CCNC(=O)CSC2=NCC(=O)N2c2ccccc2Cl)cc1. The maximum atomic E-state index is 12.2. The molecule has 0 bridgehead atoms. The molecule has 1 aliphatic heterocycles. The second-order valence-electron chi connectivity index (χ2n) is 6.02. The zero-order chi connectivity index (χ0) is 19.9. The highest BCUT2D eigenvalue weighted by atomic mass is 35.5. The summed E-state index contributed by atoms with van der Waals surface area (Å²) in [7, 11) is 1.63. The number of para-hydroxylation sites is 1. The van der Waals surface area contributed by atoms with Crippen LogP contribution in [0.15, 0.2) is 53.5 Å². The molecule has 28 heavy (non-hydrogen) atoms. The van der Waals surface area contributed by atoms with Crippen molar-refractivity contribution in [1.29, 1.82) is 0 Å². The van der Waals surface area contributed by atoms with Crippen LogP contribution in [-0.2, 0) is 16.0 Å². The topological polar surface area (TPSA) is 71.0 Å². The number of carbonyl (C=O) groups excluding carboxylic acids is 2. The van der Waals surface area contributed by atoms with E-state index in [9.17, 15) is 9.59 Å². The Morgan fingerprint density at radius 1 is 1.25 bits per heavy atom. The van der Waals surface area contributed by atoms with Crippen LogP contribution in [0.3, 0.4) is 0 Å². The Labute approximate surface area is 172 Å². The van der Waals surface area contributed by atoms with Crippen LogP contribution in [0.4, 0.5) is 5.69 Å². The molecular formula is C20H20ClN3O3S. The standard InChI is InChI=1S/C20H20ClN3O3S/c1-27-15-8-6-14(7-9-15)10-11-22-18(25)13-28-20-23-12-19(26)24(20)17-5-3-2-4-16(17)21/h2-9H,10-13H2,1H3,(H,22,25). The van der Waals surface area contributed by atoms with E-state index in [1.54, 1.807) is 31.4 Å². The summed E-state index contributed by atoms with van der Waals surface area (Å²) in [6.07, 6.45) is 0.728. The normalized spacial score (nSPS) is 13.4. The van der Waals surface area contributed by atoms with Crippen LogP contribution in [0.2, 0.25) is 5.02 Å². The maximum Gasteiger partial charge on any atom is 0.254 e. The number of nitrogens with one attached hydrogen (secondary N) is 1. The van der Waals surface area contributed by atoms with Crippen molar-refractivity contribution >= 4 is 46.0 Å². The van der Waals surface area contributed by atoms with Gasteiger partial charge in [0.2, 0.25) is 5.91 Å². The molecule has 0 spiro atoms. The number of amides is 2. The van der Waals surface area contributed by atoms with Crippen molar-refractivity contribution < 1.29 is 14.3 Å². The molecule has 2 amide bonds. The lowest BCUT2D eigenvalue weighted by Gasteiger charge is -2.19. The van der Waals surface area contributed by atoms with Gasteiger partial charge in [0.15, 0.2) is 5.17 Å². The Morgan fingerprint density at radius 2 is 2.00 bits per heavy atom. The third kappa shape index (κ3) is 5.05. The van der Waals surface area contributed by atoms with Crippen molar-refractivity contribution in [3.05, 3.63) is 59.1 Å². The first-order valence-corrected chi connectivity index (χ1v) is 10.1. The molecule has 146 valence electrons. The van der Waals surface area contributed by atoms with Crippen LogP contribution in [0.5, 0.6) is 5.75 Å². The Kier molecular flexibility index (Phi) is 6.95. The summed E-state index contributed by atoms with van der Waals surface area (Å²) in [5.41, 5.74) is 1.70. The Balaban J connectivity index is 1.48. The summed E-state index contributed by atoms with van der Waals surface area (Å²) < 4.78 is 5.13. The van der Waals surface area contributed by atoms with Crippen LogP contribution in [-0.4, -0.2) is 42.9 Å². The van der Waals surface area contributed by atoms with Gasteiger partial charge >= 0.3 is 0 Å². The Morgan fingerprint density at radius 3 is 2.71 bits per heavy atom. The van der Waals surface area contributed by atoms with Crippen molar-refractivity contribution in [3.8, 4) is 5.75 Å². The molecule has 0 radical (unpaired) electrons. The lowest BCUT2D eigenvalue weighted by atomic mass is 10.1. The fraction of sp³-hybridized carbons (Fsp3) is 0.250. The molecule has 1 N–H and O–H groups in total. The van der Waals surface area contributed by atoms with Gasteiger partial charge in [0, 0.05) is 6.54 Å². The number of rotatable bonds is 7. The molecule has 2 aromatic rings. The van der Waals surface area contributed by atoms with Gasteiger partial charge in [-0.1, -0.05) is 47.6 Å². The van der Waals surface area contributed by atoms with Crippen molar-refractivity contribution in [1.82, 2.24) is 5.32 Å². The quantitative estimate of drug-likeness (QED) is 0.751. The number of aliphatic imine (C=N–C) groups is 1. The highest BCUT2D eigenvalue weighted by Gasteiger charge is 2.29. The number of carbonyl (C=O) groups is 2. The molecule has 8 heteroatoms. The summed E-state index contributed by atoms with van der Waals surface area (Å²) in [5, 5.41) is 3.84. The molecular weight excluding hydrogens is 398 g/mol. The van der Waals surface area contributed by atoms with Gasteiger partial charge in [0.1, 0.15) is 12.3 Å². The van der Waals surface area contributed by atoms with E-state index < -0.39 is 0 Å². The molecule has 0 aromatic heterocycles. The second kappa shape index (κ2) is 9.61. The van der Waals surface area contributed by atoms with Gasteiger partial charge in [-0.25, -0.2) is 0 Å². The van der Waals surface area contributed by atoms with Crippen LogP contribution in [0.1, 0.15) is 5.56 Å². The number of anilines is 1. The number of benzene rings is 2. The maximum absolute atomic E-state index is 12.2. The largest absolute Gasteiger partial charge is 0.497 e. The Bertz CT molecular complexity index is 887. The van der Waals surface area contributed by atoms with Gasteiger partial charge in [-0.3, -0.25) is 19.5 Å². The zero-order valence-corrected chi connectivity index (χ0v) is 16.9. The molecule has 1 aliphatic rings. The first-order valence-electron chi connectivity index (χ1n) is 8.73. The van der Waals surface area contributed by atoms with Gasteiger partial charge in [-0.05, 0) is 36.2 Å². The summed E-state index contributed by atoms with van der Waals surface area (Å²) in [5.74, 6) is 0.713. The number of halogens is 1. The van der Waals surface area contributed by atoms with E-state index in [-0.39, 0.29) is 24.1 Å². The number of ether oxygens (including phenoxy) is 1. The molecule has 0 aliphatic carbocycles. The number of nitrogens with zero attached hydrogens (tertiary/aromatic N) is 2. The molecule has 0 saturated carbocycles. The minimum Gasteiger partial charge on any atom is -0.497 e. The van der Waals surface area contributed by atoms with Gasteiger partial charge in [-0.2, -0.15) is 0 Å². The molecule has 0 fully saturated rings. The number of methoxy groups -OCH3 is 1. The van der Waals surface area contributed by atoms with Crippen molar-refractivity contribution in [2.24, 2.45) is 4.99 Å².